The van der Waals surface area contributed by atoms with Gasteiger partial charge in [0.1, 0.15) is 6.04 Å². The molecular formula is C23H21N5O5. The number of hydrogen-bond acceptors (Lipinski definition) is 8. The number of rotatable bonds is 5. The number of aromatic nitrogens is 3. The molecular weight excluding hydrogens is 426 g/mol. The summed E-state index contributed by atoms with van der Waals surface area (Å²) in [4.78, 5) is 28.4. The number of fused-ring (bicyclic) bond motifs is 1. The molecule has 0 fully saturated rings. The maximum absolute atomic E-state index is 13.0. The summed E-state index contributed by atoms with van der Waals surface area (Å²) in [6, 6.07) is 11.2. The molecule has 10 heteroatoms. The molecule has 0 amide bonds. The van der Waals surface area contributed by atoms with Crippen LogP contribution in [0.2, 0.25) is 0 Å². The Morgan fingerprint density at radius 1 is 1.12 bits per heavy atom. The third-order valence-electron chi connectivity index (χ3n) is 5.91. The average Bonchev–Trinajstić information content (AvgIpc) is 3.26. The molecule has 1 aromatic heterocycles. The number of methoxy groups -OCH3 is 2. The number of anilines is 1. The molecule has 1 atom stereocenters. The van der Waals surface area contributed by atoms with Crippen molar-refractivity contribution in [2.24, 2.45) is 0 Å². The summed E-state index contributed by atoms with van der Waals surface area (Å²) < 4.78 is 12.5. The molecule has 1 aliphatic heterocycles. The van der Waals surface area contributed by atoms with Crippen molar-refractivity contribution in [3.8, 4) is 22.9 Å². The van der Waals surface area contributed by atoms with Crippen LogP contribution in [0.25, 0.3) is 11.4 Å². The van der Waals surface area contributed by atoms with Crippen molar-refractivity contribution in [2.45, 2.75) is 25.3 Å². The zero-order chi connectivity index (χ0) is 23.1. The highest BCUT2D eigenvalue weighted by molar-refractivity contribution is 5.99. The number of nitrogens with one attached hydrogen (secondary N) is 1. The van der Waals surface area contributed by atoms with Gasteiger partial charge in [0.25, 0.3) is 5.69 Å². The summed E-state index contributed by atoms with van der Waals surface area (Å²) in [5.74, 6) is 1.99. The molecule has 2 aliphatic rings. The summed E-state index contributed by atoms with van der Waals surface area (Å²) in [7, 11) is 3.12. The number of nitro groups is 1. The van der Waals surface area contributed by atoms with E-state index >= 15 is 0 Å². The Kier molecular flexibility index (Phi) is 5.04. The van der Waals surface area contributed by atoms with Gasteiger partial charge in [-0.25, -0.2) is 4.68 Å². The monoisotopic (exact) mass is 447 g/mol. The zero-order valence-electron chi connectivity index (χ0n) is 18.1. The van der Waals surface area contributed by atoms with E-state index in [1.807, 2.05) is 12.1 Å². The quantitative estimate of drug-likeness (QED) is 0.462. The number of benzene rings is 2. The maximum Gasteiger partial charge on any atom is 0.270 e. The lowest BCUT2D eigenvalue weighted by Crippen LogP contribution is -2.31. The molecule has 1 unspecified atom stereocenters. The molecule has 1 N–H and O–H groups in total. The summed E-state index contributed by atoms with van der Waals surface area (Å²) in [5.41, 5.74) is 2.75. The van der Waals surface area contributed by atoms with Gasteiger partial charge in [-0.3, -0.25) is 14.9 Å². The van der Waals surface area contributed by atoms with Crippen LogP contribution in [-0.4, -0.2) is 39.7 Å². The second kappa shape index (κ2) is 8.05. The van der Waals surface area contributed by atoms with Gasteiger partial charge in [0.2, 0.25) is 5.95 Å². The smallest absolute Gasteiger partial charge is 0.270 e. The van der Waals surface area contributed by atoms with E-state index in [4.69, 9.17) is 9.47 Å². The normalized spacial score (nSPS) is 17.2. The van der Waals surface area contributed by atoms with Gasteiger partial charge in [0.15, 0.2) is 23.1 Å². The molecule has 168 valence electrons. The van der Waals surface area contributed by atoms with Crippen LogP contribution in [0.15, 0.2) is 53.7 Å². The number of non-ortho nitro benzene ring substituents is 1. The molecule has 0 radical (unpaired) electrons. The lowest BCUT2D eigenvalue weighted by atomic mass is 9.85. The molecule has 2 heterocycles. The van der Waals surface area contributed by atoms with Crippen LogP contribution in [0, 0.1) is 10.1 Å². The Bertz CT molecular complexity index is 1310. The molecule has 2 aromatic carbocycles. The van der Waals surface area contributed by atoms with Crippen LogP contribution in [0.1, 0.15) is 30.9 Å². The minimum Gasteiger partial charge on any atom is -0.493 e. The minimum absolute atomic E-state index is 0.0442. The summed E-state index contributed by atoms with van der Waals surface area (Å²) in [6.45, 7) is 0. The molecule has 5 rings (SSSR count). The summed E-state index contributed by atoms with van der Waals surface area (Å²) >= 11 is 0. The number of carbonyl (C=O) groups excluding carboxylic acids is 1. The Hall–Kier alpha value is -4.21. The molecule has 3 aromatic rings. The van der Waals surface area contributed by atoms with E-state index in [1.54, 1.807) is 37.1 Å². The lowest BCUT2D eigenvalue weighted by molar-refractivity contribution is -0.384. The fraction of sp³-hybridized carbons (Fsp3) is 0.261. The van der Waals surface area contributed by atoms with Crippen molar-refractivity contribution < 1.29 is 19.2 Å². The highest BCUT2D eigenvalue weighted by Crippen LogP contribution is 2.42. The maximum atomic E-state index is 13.0. The van der Waals surface area contributed by atoms with Crippen molar-refractivity contribution in [1.29, 1.82) is 0 Å². The molecule has 0 bridgehead atoms. The van der Waals surface area contributed by atoms with Crippen LogP contribution < -0.4 is 14.8 Å². The predicted molar refractivity (Wildman–Crippen MR) is 119 cm³/mol. The number of nitro benzene ring substituents is 1. The average molecular weight is 447 g/mol. The highest BCUT2D eigenvalue weighted by Gasteiger charge is 2.37. The van der Waals surface area contributed by atoms with Crippen molar-refractivity contribution in [3.05, 3.63) is 69.4 Å². The number of hydrogen-bond donors (Lipinski definition) is 1. The topological polar surface area (TPSA) is 121 Å². The fourth-order valence-corrected chi connectivity index (χ4v) is 4.37. The number of nitrogens with zero attached hydrogens (tertiary/aromatic N) is 4. The molecule has 0 saturated heterocycles. The van der Waals surface area contributed by atoms with Gasteiger partial charge in [0, 0.05) is 35.4 Å². The van der Waals surface area contributed by atoms with E-state index in [-0.39, 0.29) is 11.5 Å². The van der Waals surface area contributed by atoms with Gasteiger partial charge in [-0.05, 0) is 30.5 Å². The number of ketones is 1. The van der Waals surface area contributed by atoms with Crippen LogP contribution in [0.4, 0.5) is 11.6 Å². The number of carbonyl (C=O) groups is 1. The standard InChI is InChI=1S/C23H21N5O5/c1-32-18-10-9-13(12-19(18)33-2)21-20-16(7-4-8-17(20)29)24-23-25-22(26-27(21)23)14-5-3-6-15(11-14)28(30)31/h3,5-6,9-12,21H,4,7-8H2,1-2H3,(H,24,25,26). The number of Topliss-reactive ketones (excluding diaryl/α,β-unsaturated/α-hetero) is 1. The molecule has 33 heavy (non-hydrogen) atoms. The van der Waals surface area contributed by atoms with Gasteiger partial charge in [-0.15, -0.1) is 5.10 Å². The van der Waals surface area contributed by atoms with Gasteiger partial charge in [-0.1, -0.05) is 18.2 Å². The third-order valence-corrected chi connectivity index (χ3v) is 5.91. The van der Waals surface area contributed by atoms with Gasteiger partial charge < -0.3 is 14.8 Å². The van der Waals surface area contributed by atoms with Crippen molar-refractivity contribution in [2.75, 3.05) is 19.5 Å². The Morgan fingerprint density at radius 2 is 1.94 bits per heavy atom. The molecule has 0 spiro atoms. The van der Waals surface area contributed by atoms with Crippen LogP contribution in [0.5, 0.6) is 11.5 Å². The van der Waals surface area contributed by atoms with Crippen LogP contribution in [-0.2, 0) is 4.79 Å². The Balaban J connectivity index is 1.66. The zero-order valence-corrected chi connectivity index (χ0v) is 18.1. The first kappa shape index (κ1) is 20.7. The molecule has 10 nitrogen and oxygen atoms in total. The predicted octanol–water partition coefficient (Wildman–Crippen LogP) is 3.89. The Morgan fingerprint density at radius 3 is 2.70 bits per heavy atom. The first-order chi connectivity index (χ1) is 16.0. The second-order valence-corrected chi connectivity index (χ2v) is 7.82. The number of ether oxygens (including phenoxy) is 2. The van der Waals surface area contributed by atoms with Gasteiger partial charge in [-0.2, -0.15) is 4.98 Å². The van der Waals surface area contributed by atoms with E-state index in [9.17, 15) is 14.9 Å². The van der Waals surface area contributed by atoms with E-state index < -0.39 is 11.0 Å². The van der Waals surface area contributed by atoms with Crippen LogP contribution in [0.3, 0.4) is 0 Å². The summed E-state index contributed by atoms with van der Waals surface area (Å²) in [5, 5.41) is 19.1. The number of allylic oxidation sites excluding steroid dienone is 2. The van der Waals surface area contributed by atoms with Gasteiger partial charge >= 0.3 is 0 Å². The Labute approximate surface area is 189 Å². The van der Waals surface area contributed by atoms with E-state index in [1.165, 1.54) is 12.1 Å². The van der Waals surface area contributed by atoms with Crippen molar-refractivity contribution in [3.63, 3.8) is 0 Å². The highest BCUT2D eigenvalue weighted by atomic mass is 16.6. The molecule has 1 aliphatic carbocycles. The first-order valence-corrected chi connectivity index (χ1v) is 10.5. The van der Waals surface area contributed by atoms with Crippen molar-refractivity contribution in [1.82, 2.24) is 14.8 Å². The van der Waals surface area contributed by atoms with E-state index in [2.05, 4.69) is 15.4 Å². The lowest BCUT2D eigenvalue weighted by Gasteiger charge is -2.32. The van der Waals surface area contributed by atoms with Crippen molar-refractivity contribution >= 4 is 17.4 Å². The first-order valence-electron chi connectivity index (χ1n) is 10.5. The second-order valence-electron chi connectivity index (χ2n) is 7.82. The third kappa shape index (κ3) is 3.49. The van der Waals surface area contributed by atoms with Crippen LogP contribution >= 0.6 is 0 Å². The minimum atomic E-state index is -0.510. The van der Waals surface area contributed by atoms with E-state index in [0.717, 1.165) is 24.1 Å². The fourth-order valence-electron chi connectivity index (χ4n) is 4.37. The SMILES string of the molecule is COc1ccc(C2C3=C(CCCC3=O)Nc3nc(-c4cccc([N+](=O)[O-])c4)nn32)cc1OC. The van der Waals surface area contributed by atoms with Gasteiger partial charge in [0.05, 0.1) is 19.1 Å². The van der Waals surface area contributed by atoms with E-state index in [0.29, 0.717) is 40.8 Å². The largest absolute Gasteiger partial charge is 0.493 e. The summed E-state index contributed by atoms with van der Waals surface area (Å²) in [6.07, 6.45) is 1.95. The molecule has 0 saturated carbocycles.